The average Bonchev–Trinajstić information content (AvgIpc) is 2.63. The summed E-state index contributed by atoms with van der Waals surface area (Å²) in [5.41, 5.74) is 4.13. The Morgan fingerprint density at radius 2 is 1.38 bits per heavy atom. The monoisotopic (exact) mass is 394 g/mol. The molecule has 0 atom stereocenters. The van der Waals surface area contributed by atoms with Crippen LogP contribution < -0.4 is 42.4 Å². The van der Waals surface area contributed by atoms with Crippen molar-refractivity contribution in [2.75, 3.05) is 0 Å². The second-order valence-corrected chi connectivity index (χ2v) is 9.99. The van der Waals surface area contributed by atoms with Gasteiger partial charge in [-0.25, -0.2) is 5.57 Å². The predicted molar refractivity (Wildman–Crippen MR) is 78.2 cm³/mol. The van der Waals surface area contributed by atoms with Crippen molar-refractivity contribution in [3.8, 4) is 0 Å². The van der Waals surface area contributed by atoms with E-state index in [1.165, 1.54) is 16.7 Å². The molecule has 0 bridgehead atoms. The van der Waals surface area contributed by atoms with Gasteiger partial charge in [0, 0.05) is 8.07 Å². The standard InChI is InChI=1S/C16H21Si.3ClH.Ti/c1-12-9-13(2)11-15(10-12)17(4,5)16-8-6-7-14(16)3;;;;/h8-11H,6H2,1-5H3;3*1H;/q-1;;;;+4/p-3. The van der Waals surface area contributed by atoms with Crippen LogP contribution in [0.15, 0.2) is 35.0 Å². The Labute approximate surface area is 164 Å². The number of hydrogen-bond acceptors (Lipinski definition) is 0. The molecular weight excluding hydrogens is 374 g/mol. The van der Waals surface area contributed by atoms with Crippen LogP contribution in [0, 0.1) is 19.9 Å². The van der Waals surface area contributed by atoms with E-state index in [9.17, 15) is 0 Å². The number of benzene rings is 1. The van der Waals surface area contributed by atoms with Crippen LogP contribution in [0.3, 0.4) is 0 Å². The molecule has 0 spiro atoms. The van der Waals surface area contributed by atoms with Crippen molar-refractivity contribution in [1.82, 2.24) is 0 Å². The summed E-state index contributed by atoms with van der Waals surface area (Å²) < 4.78 is 0. The average molecular weight is 396 g/mol. The van der Waals surface area contributed by atoms with Crippen molar-refractivity contribution in [2.45, 2.75) is 40.3 Å². The van der Waals surface area contributed by atoms with Gasteiger partial charge in [0.25, 0.3) is 0 Å². The fraction of sp³-hybridized carbons (Fsp3) is 0.375. The predicted octanol–water partition coefficient (Wildman–Crippen LogP) is -5.15. The Kier molecular flexibility index (Phi) is 13.0. The van der Waals surface area contributed by atoms with Gasteiger partial charge in [0.15, 0.2) is 0 Å². The Balaban J connectivity index is -0.000000810. The maximum atomic E-state index is 3.43. The molecule has 0 amide bonds. The molecule has 2 rings (SSSR count). The second kappa shape index (κ2) is 10.3. The molecule has 0 heterocycles. The summed E-state index contributed by atoms with van der Waals surface area (Å²) in [5, 5.41) is 3.12. The number of rotatable bonds is 2. The summed E-state index contributed by atoms with van der Waals surface area (Å²) in [6.45, 7) is 11.5. The van der Waals surface area contributed by atoms with Crippen molar-refractivity contribution >= 4 is 13.3 Å². The second-order valence-electron chi connectivity index (χ2n) is 5.63. The van der Waals surface area contributed by atoms with Gasteiger partial charge in [0.2, 0.25) is 0 Å². The number of allylic oxidation sites excluding steroid dienone is 4. The molecule has 0 fully saturated rings. The Morgan fingerprint density at radius 3 is 1.76 bits per heavy atom. The van der Waals surface area contributed by atoms with Gasteiger partial charge in [0.05, 0.1) is 0 Å². The van der Waals surface area contributed by atoms with Crippen LogP contribution in [0.5, 0.6) is 0 Å². The normalized spacial score (nSPS) is 12.8. The fourth-order valence-corrected chi connectivity index (χ4v) is 5.90. The van der Waals surface area contributed by atoms with Crippen LogP contribution in [-0.2, 0) is 21.7 Å². The van der Waals surface area contributed by atoms with Gasteiger partial charge >= 0.3 is 21.7 Å². The molecule has 0 nitrogen and oxygen atoms in total. The molecule has 5 heteroatoms. The summed E-state index contributed by atoms with van der Waals surface area (Å²) in [6.07, 6.45) is 6.81. The maximum absolute atomic E-state index is 3.43. The number of halogens is 3. The molecule has 1 aromatic carbocycles. The summed E-state index contributed by atoms with van der Waals surface area (Å²) in [6, 6.07) is 6.99. The van der Waals surface area contributed by atoms with Crippen LogP contribution in [0.25, 0.3) is 0 Å². The van der Waals surface area contributed by atoms with E-state index in [4.69, 9.17) is 0 Å². The molecule has 0 unspecified atom stereocenters. The first-order valence-electron chi connectivity index (χ1n) is 6.28. The first kappa shape index (κ1) is 26.4. The minimum Gasteiger partial charge on any atom is -1.00 e. The van der Waals surface area contributed by atoms with Gasteiger partial charge in [-0.15, -0.1) is 6.42 Å². The van der Waals surface area contributed by atoms with E-state index in [0.29, 0.717) is 0 Å². The quantitative estimate of drug-likeness (QED) is 0.347. The first-order valence-corrected chi connectivity index (χ1v) is 9.28. The topological polar surface area (TPSA) is 0 Å². The van der Waals surface area contributed by atoms with E-state index in [-0.39, 0.29) is 58.9 Å². The van der Waals surface area contributed by atoms with E-state index in [1.54, 1.807) is 10.4 Å². The van der Waals surface area contributed by atoms with Crippen molar-refractivity contribution in [3.05, 3.63) is 52.2 Å². The van der Waals surface area contributed by atoms with Crippen LogP contribution in [0.2, 0.25) is 13.1 Å². The zero-order chi connectivity index (χ0) is 12.6. The van der Waals surface area contributed by atoms with Crippen LogP contribution in [0.4, 0.5) is 0 Å². The summed E-state index contributed by atoms with van der Waals surface area (Å²) in [7, 11) is -1.51. The molecule has 1 aromatic rings. The smallest absolute Gasteiger partial charge is 1.00 e. The minimum atomic E-state index is -1.51. The molecule has 1 aliphatic carbocycles. The van der Waals surface area contributed by atoms with Crippen molar-refractivity contribution in [2.24, 2.45) is 0 Å². The van der Waals surface area contributed by atoms with Gasteiger partial charge in [-0.2, -0.15) is 11.3 Å². The van der Waals surface area contributed by atoms with Gasteiger partial charge in [-0.05, 0) is 13.8 Å². The maximum Gasteiger partial charge on any atom is 4.00 e. The van der Waals surface area contributed by atoms with Crippen LogP contribution in [-0.4, -0.2) is 8.07 Å². The molecule has 0 saturated carbocycles. The van der Waals surface area contributed by atoms with Gasteiger partial charge in [-0.3, -0.25) is 6.08 Å². The summed E-state index contributed by atoms with van der Waals surface area (Å²) >= 11 is 0. The Hall–Kier alpha value is 0.501. The summed E-state index contributed by atoms with van der Waals surface area (Å²) in [4.78, 5) is 0. The molecule has 0 aromatic heterocycles. The molecule has 0 saturated heterocycles. The zero-order valence-corrected chi connectivity index (χ0v) is 18.0. The van der Waals surface area contributed by atoms with Crippen LogP contribution >= 0.6 is 0 Å². The van der Waals surface area contributed by atoms with E-state index < -0.39 is 8.07 Å². The molecule has 114 valence electrons. The molecular formula is C16H21Cl3SiTi. The molecule has 0 N–H and O–H groups in total. The Morgan fingerprint density at radius 1 is 0.905 bits per heavy atom. The van der Waals surface area contributed by atoms with E-state index in [1.807, 2.05) is 0 Å². The molecule has 0 aliphatic heterocycles. The van der Waals surface area contributed by atoms with Crippen molar-refractivity contribution < 1.29 is 58.9 Å². The van der Waals surface area contributed by atoms with E-state index in [0.717, 1.165) is 6.42 Å². The van der Waals surface area contributed by atoms with Gasteiger partial charge < -0.3 is 37.2 Å². The van der Waals surface area contributed by atoms with Crippen molar-refractivity contribution in [3.63, 3.8) is 0 Å². The largest absolute Gasteiger partial charge is 4.00 e. The fourth-order valence-electron chi connectivity index (χ4n) is 2.77. The Bertz CT molecular complexity index is 502. The van der Waals surface area contributed by atoms with Gasteiger partial charge in [-0.1, -0.05) is 54.5 Å². The SMILES string of the molecule is CC1=[C-]CC=C1[Si](C)(C)c1cc(C)cc(C)c1.[Cl-].[Cl-].[Cl-].[Ti+4]. The molecule has 21 heavy (non-hydrogen) atoms. The van der Waals surface area contributed by atoms with E-state index >= 15 is 0 Å². The molecule has 0 radical (unpaired) electrons. The van der Waals surface area contributed by atoms with E-state index in [2.05, 4.69) is 64.2 Å². The molecule has 1 aliphatic rings. The third-order valence-electron chi connectivity index (χ3n) is 3.69. The van der Waals surface area contributed by atoms with Gasteiger partial charge in [0.1, 0.15) is 0 Å². The third kappa shape index (κ3) is 5.90. The summed E-state index contributed by atoms with van der Waals surface area (Å²) in [5.74, 6) is 0. The minimum absolute atomic E-state index is 0. The third-order valence-corrected chi connectivity index (χ3v) is 7.35. The number of hydrogen-bond donors (Lipinski definition) is 0. The van der Waals surface area contributed by atoms with Crippen molar-refractivity contribution in [1.29, 1.82) is 0 Å². The zero-order valence-electron chi connectivity index (χ0n) is 13.2. The number of aryl methyl sites for hydroxylation is 2. The van der Waals surface area contributed by atoms with Crippen LogP contribution in [0.1, 0.15) is 24.5 Å². The first-order chi connectivity index (χ1) is 7.91.